The van der Waals surface area contributed by atoms with Crippen molar-refractivity contribution in [3.8, 4) is 5.75 Å². The number of thioether (sulfide) groups is 1. The summed E-state index contributed by atoms with van der Waals surface area (Å²) in [4.78, 5) is 36.8. The van der Waals surface area contributed by atoms with Gasteiger partial charge in [-0.15, -0.1) is 11.3 Å². The third-order valence-electron chi connectivity index (χ3n) is 3.50. The minimum atomic E-state index is -0.327. The lowest BCUT2D eigenvalue weighted by Gasteiger charge is -2.12. The lowest BCUT2D eigenvalue weighted by atomic mass is 10.2. The Hall–Kier alpha value is -1.77. The number of hydrogen-bond donors (Lipinski definition) is 1. The molecule has 1 aromatic carbocycles. The van der Waals surface area contributed by atoms with Crippen molar-refractivity contribution in [1.29, 1.82) is 0 Å². The number of fused-ring (bicyclic) bond motifs is 1. The highest BCUT2D eigenvalue weighted by atomic mass is 35.5. The Morgan fingerprint density at radius 1 is 1.42 bits per heavy atom. The molecular formula is C15H13ClN2O4S2. The van der Waals surface area contributed by atoms with Crippen molar-refractivity contribution in [2.24, 2.45) is 0 Å². The third-order valence-corrected chi connectivity index (χ3v) is 6.04. The second kappa shape index (κ2) is 7.00. The number of imide groups is 1. The van der Waals surface area contributed by atoms with Crippen molar-refractivity contribution in [3.05, 3.63) is 28.1 Å². The van der Waals surface area contributed by atoms with E-state index in [1.54, 1.807) is 19.2 Å². The van der Waals surface area contributed by atoms with Gasteiger partial charge < -0.3 is 10.1 Å². The van der Waals surface area contributed by atoms with Crippen LogP contribution in [0.4, 0.5) is 4.79 Å². The smallest absolute Gasteiger partial charge is 0.288 e. The first-order valence-electron chi connectivity index (χ1n) is 7.02. The maximum absolute atomic E-state index is 12.3. The van der Waals surface area contributed by atoms with Crippen LogP contribution in [-0.2, 0) is 4.79 Å². The summed E-state index contributed by atoms with van der Waals surface area (Å²) in [6.45, 7) is 0.345. The van der Waals surface area contributed by atoms with E-state index in [9.17, 15) is 14.4 Å². The van der Waals surface area contributed by atoms with Gasteiger partial charge >= 0.3 is 0 Å². The molecular weight excluding hydrogens is 372 g/mol. The number of nitrogens with one attached hydrogen (secondary N) is 1. The topological polar surface area (TPSA) is 75.7 Å². The zero-order valence-electron chi connectivity index (χ0n) is 12.6. The molecule has 0 unspecified atom stereocenters. The Morgan fingerprint density at radius 2 is 2.21 bits per heavy atom. The Balaban J connectivity index is 1.69. The monoisotopic (exact) mass is 384 g/mol. The van der Waals surface area contributed by atoms with Crippen molar-refractivity contribution in [1.82, 2.24) is 10.2 Å². The molecule has 0 atom stereocenters. The number of nitrogens with zero attached hydrogens (tertiary/aromatic N) is 1. The SMILES string of the molecule is COc1ccc2sc(C(=O)NCCN3C(=O)CSC3=O)c(Cl)c2c1. The predicted molar refractivity (Wildman–Crippen MR) is 95.3 cm³/mol. The minimum absolute atomic E-state index is 0.159. The van der Waals surface area contributed by atoms with Crippen molar-refractivity contribution >= 4 is 61.8 Å². The summed E-state index contributed by atoms with van der Waals surface area (Å²) in [5.41, 5.74) is 0. The van der Waals surface area contributed by atoms with Gasteiger partial charge in [-0.2, -0.15) is 0 Å². The summed E-state index contributed by atoms with van der Waals surface area (Å²) in [7, 11) is 1.56. The first kappa shape index (κ1) is 17.1. The van der Waals surface area contributed by atoms with Crippen molar-refractivity contribution in [2.75, 3.05) is 26.0 Å². The molecule has 2 heterocycles. The maximum atomic E-state index is 12.3. The lowest BCUT2D eigenvalue weighted by Crippen LogP contribution is -2.37. The second-order valence-corrected chi connectivity index (χ2v) is 7.32. The molecule has 3 rings (SSSR count). The highest BCUT2D eigenvalue weighted by Gasteiger charge is 2.29. The van der Waals surface area contributed by atoms with Crippen molar-refractivity contribution < 1.29 is 19.1 Å². The molecule has 1 fully saturated rings. The zero-order valence-corrected chi connectivity index (χ0v) is 15.0. The number of amides is 3. The average molecular weight is 385 g/mol. The van der Waals surface area contributed by atoms with Crippen LogP contribution < -0.4 is 10.1 Å². The molecule has 1 aliphatic heterocycles. The minimum Gasteiger partial charge on any atom is -0.497 e. The van der Waals surface area contributed by atoms with E-state index in [0.717, 1.165) is 26.7 Å². The van der Waals surface area contributed by atoms with Crippen LogP contribution in [0.5, 0.6) is 5.75 Å². The van der Waals surface area contributed by atoms with Gasteiger partial charge in [0.05, 0.1) is 17.9 Å². The molecule has 9 heteroatoms. The highest BCUT2D eigenvalue weighted by molar-refractivity contribution is 8.14. The van der Waals surface area contributed by atoms with E-state index in [1.807, 2.05) is 6.07 Å². The molecule has 0 radical (unpaired) electrons. The summed E-state index contributed by atoms with van der Waals surface area (Å²) in [6.07, 6.45) is 0. The van der Waals surface area contributed by atoms with Crippen LogP contribution in [0.2, 0.25) is 5.02 Å². The highest BCUT2D eigenvalue weighted by Crippen LogP contribution is 2.37. The van der Waals surface area contributed by atoms with E-state index in [4.69, 9.17) is 16.3 Å². The molecule has 6 nitrogen and oxygen atoms in total. The fourth-order valence-corrected chi connectivity index (χ4v) is 4.44. The molecule has 1 N–H and O–H groups in total. The van der Waals surface area contributed by atoms with Crippen LogP contribution in [-0.4, -0.2) is 47.9 Å². The number of halogens is 1. The van der Waals surface area contributed by atoms with Gasteiger partial charge in [-0.05, 0) is 18.2 Å². The maximum Gasteiger partial charge on any atom is 0.288 e. The van der Waals surface area contributed by atoms with E-state index < -0.39 is 0 Å². The Morgan fingerprint density at radius 3 is 2.88 bits per heavy atom. The molecule has 0 saturated carbocycles. The number of carbonyl (C=O) groups excluding carboxylic acids is 3. The van der Waals surface area contributed by atoms with Crippen LogP contribution in [0.1, 0.15) is 9.67 Å². The zero-order chi connectivity index (χ0) is 17.3. The lowest BCUT2D eigenvalue weighted by molar-refractivity contribution is -0.124. The van der Waals surface area contributed by atoms with Crippen LogP contribution in [0, 0.1) is 0 Å². The number of hydrogen-bond acceptors (Lipinski definition) is 6. The summed E-state index contributed by atoms with van der Waals surface area (Å²) < 4.78 is 6.04. The Labute approximate surface area is 151 Å². The Bertz CT molecular complexity index is 820. The van der Waals surface area contributed by atoms with Crippen LogP contribution in [0.25, 0.3) is 10.1 Å². The molecule has 0 spiro atoms. The molecule has 0 aliphatic carbocycles. The number of methoxy groups -OCH3 is 1. The van der Waals surface area contributed by atoms with Crippen LogP contribution in [0.3, 0.4) is 0 Å². The van der Waals surface area contributed by atoms with Crippen LogP contribution >= 0.6 is 34.7 Å². The molecule has 3 amide bonds. The first-order chi connectivity index (χ1) is 11.5. The normalized spacial score (nSPS) is 14.5. The second-order valence-electron chi connectivity index (χ2n) is 4.96. The fourth-order valence-electron chi connectivity index (χ4n) is 2.28. The molecule has 1 aromatic heterocycles. The standard InChI is InChI=1S/C15H13ClN2O4S2/c1-22-8-2-3-10-9(6-8)12(16)13(24-10)14(20)17-4-5-18-11(19)7-23-15(18)21/h2-3,6H,4-5,7H2,1H3,(H,17,20). The number of ether oxygens (including phenoxy) is 1. The molecule has 24 heavy (non-hydrogen) atoms. The number of carbonyl (C=O) groups is 3. The van der Waals surface area contributed by atoms with Gasteiger partial charge in [-0.25, -0.2) is 0 Å². The molecule has 1 aliphatic rings. The van der Waals surface area contributed by atoms with Gasteiger partial charge in [0.1, 0.15) is 10.6 Å². The molecule has 1 saturated heterocycles. The summed E-state index contributed by atoms with van der Waals surface area (Å²) in [5.74, 6) is 0.271. The number of rotatable bonds is 5. The van der Waals surface area contributed by atoms with Crippen LogP contribution in [0.15, 0.2) is 18.2 Å². The largest absolute Gasteiger partial charge is 0.497 e. The van der Waals surface area contributed by atoms with E-state index in [2.05, 4.69) is 5.32 Å². The number of benzene rings is 1. The summed E-state index contributed by atoms with van der Waals surface area (Å²) >= 11 is 8.56. The molecule has 126 valence electrons. The molecule has 2 aromatic rings. The van der Waals surface area contributed by atoms with E-state index in [1.165, 1.54) is 11.3 Å². The quantitative estimate of drug-likeness (QED) is 0.857. The molecule has 0 bridgehead atoms. The van der Waals surface area contributed by atoms with Gasteiger partial charge in [-0.3, -0.25) is 19.3 Å². The van der Waals surface area contributed by atoms with E-state index in [0.29, 0.717) is 15.6 Å². The summed E-state index contributed by atoms with van der Waals surface area (Å²) in [5, 5.41) is 3.55. The number of thiophene rings is 1. The van der Waals surface area contributed by atoms with Gasteiger partial charge in [0.15, 0.2) is 0 Å². The van der Waals surface area contributed by atoms with E-state index in [-0.39, 0.29) is 35.9 Å². The van der Waals surface area contributed by atoms with Crippen molar-refractivity contribution in [2.45, 2.75) is 0 Å². The van der Waals surface area contributed by atoms with Gasteiger partial charge in [0.25, 0.3) is 11.1 Å². The third kappa shape index (κ3) is 3.22. The first-order valence-corrected chi connectivity index (χ1v) is 9.20. The van der Waals surface area contributed by atoms with Gasteiger partial charge in [0.2, 0.25) is 5.91 Å². The predicted octanol–water partition coefficient (Wildman–Crippen LogP) is 2.99. The average Bonchev–Trinajstić information content (AvgIpc) is 3.08. The fraction of sp³-hybridized carbons (Fsp3) is 0.267. The van der Waals surface area contributed by atoms with Gasteiger partial charge in [0, 0.05) is 23.2 Å². The van der Waals surface area contributed by atoms with Crippen molar-refractivity contribution in [3.63, 3.8) is 0 Å². The van der Waals surface area contributed by atoms with Gasteiger partial charge in [-0.1, -0.05) is 23.4 Å². The summed E-state index contributed by atoms with van der Waals surface area (Å²) in [6, 6.07) is 5.43. The Kier molecular flexibility index (Phi) is 4.98. The van der Waals surface area contributed by atoms with E-state index >= 15 is 0 Å².